The van der Waals surface area contributed by atoms with E-state index in [4.69, 9.17) is 47.9 Å². The van der Waals surface area contributed by atoms with Gasteiger partial charge in [0.25, 0.3) is 0 Å². The highest BCUT2D eigenvalue weighted by Crippen LogP contribution is 2.37. The summed E-state index contributed by atoms with van der Waals surface area (Å²) >= 11 is 13.8. The first-order valence-corrected chi connectivity index (χ1v) is 17.2. The molecule has 3 aromatic rings. The topological polar surface area (TPSA) is 158 Å². The number of carbonyl (C=O) groups is 2. The van der Waals surface area contributed by atoms with E-state index in [9.17, 15) is 9.59 Å². The first-order valence-electron chi connectivity index (χ1n) is 16.5. The van der Waals surface area contributed by atoms with Crippen molar-refractivity contribution in [1.29, 1.82) is 0 Å². The number of ether oxygens (including phenoxy) is 4. The summed E-state index contributed by atoms with van der Waals surface area (Å²) in [5, 5.41) is 13.0. The lowest BCUT2D eigenvalue weighted by Crippen LogP contribution is -2.31. The highest BCUT2D eigenvalue weighted by atomic mass is 35.5. The maximum Gasteiger partial charge on any atom is 0.220 e. The van der Waals surface area contributed by atoms with Crippen LogP contribution in [0.1, 0.15) is 37.5 Å². The van der Waals surface area contributed by atoms with Gasteiger partial charge in [-0.05, 0) is 18.6 Å². The number of nitrogens with two attached hydrogens (primary N) is 1. The maximum absolute atomic E-state index is 11.1. The molecule has 0 saturated heterocycles. The van der Waals surface area contributed by atoms with Crippen LogP contribution in [-0.2, 0) is 38.8 Å². The van der Waals surface area contributed by atoms with E-state index in [0.29, 0.717) is 67.0 Å². The molecule has 12 nitrogen and oxygen atoms in total. The fourth-order valence-corrected chi connectivity index (χ4v) is 5.35. The van der Waals surface area contributed by atoms with Crippen molar-refractivity contribution >= 4 is 35.0 Å². The second-order valence-corrected chi connectivity index (χ2v) is 12.2. The van der Waals surface area contributed by atoms with Crippen molar-refractivity contribution < 1.29 is 28.5 Å². The van der Waals surface area contributed by atoms with Gasteiger partial charge in [-0.3, -0.25) is 9.59 Å². The molecule has 1 heterocycles. The molecule has 276 valence electrons. The monoisotopic (exact) mass is 742 g/mol. The lowest BCUT2D eigenvalue weighted by Gasteiger charge is -2.16. The average Bonchev–Trinajstić information content (AvgIpc) is 3.11. The van der Waals surface area contributed by atoms with E-state index in [-0.39, 0.29) is 31.1 Å². The van der Waals surface area contributed by atoms with Gasteiger partial charge < -0.3 is 45.9 Å². The van der Waals surface area contributed by atoms with E-state index >= 15 is 0 Å². The molecule has 0 aliphatic heterocycles. The number of pyridine rings is 1. The van der Waals surface area contributed by atoms with Gasteiger partial charge in [-0.2, -0.15) is 4.98 Å². The van der Waals surface area contributed by atoms with E-state index in [1.54, 1.807) is 13.2 Å². The van der Waals surface area contributed by atoms with Crippen molar-refractivity contribution in [3.8, 4) is 22.9 Å². The number of benzene rings is 2. The van der Waals surface area contributed by atoms with Gasteiger partial charge >= 0.3 is 0 Å². The molecule has 0 fully saturated rings. The summed E-state index contributed by atoms with van der Waals surface area (Å²) < 4.78 is 22.8. The molecule has 0 aliphatic rings. The first-order chi connectivity index (χ1) is 24.5. The van der Waals surface area contributed by atoms with Gasteiger partial charge in [0.1, 0.15) is 6.61 Å². The predicted octanol–water partition coefficient (Wildman–Crippen LogP) is 4.87. The van der Waals surface area contributed by atoms with E-state index < -0.39 is 0 Å². The molecule has 0 saturated carbocycles. The molecule has 0 spiro atoms. The van der Waals surface area contributed by atoms with Crippen LogP contribution in [0.2, 0.25) is 10.0 Å². The summed E-state index contributed by atoms with van der Waals surface area (Å²) in [6.45, 7) is 8.53. The zero-order valence-corrected chi connectivity index (χ0v) is 31.2. The van der Waals surface area contributed by atoms with Crippen LogP contribution in [0, 0.1) is 0 Å². The number of hydrogen-bond acceptors (Lipinski definition) is 10. The standard InChI is InChI=1S/C37H48Cl2N6O6/c1-24(12-13-27(36(40)48-4)20-41-16-18-43-25(2)46)50-22-29-8-6-10-31(34(29)38)32-11-7-9-30(35(32)39)23-51-33-15-14-28(37(45-33)49-5)21-42-17-19-44-26(3)47/h6-15,24,41-42H,16-23,40H2,1-5H3,(H,43,46)(H,44,47)/b13-12-,36-27-. The quantitative estimate of drug-likeness (QED) is 0.0580. The van der Waals surface area contributed by atoms with Crippen molar-refractivity contribution in [2.75, 3.05) is 46.9 Å². The number of nitrogens with one attached hydrogen (secondary N) is 4. The number of hydrogen-bond donors (Lipinski definition) is 5. The van der Waals surface area contributed by atoms with Gasteiger partial charge in [0.2, 0.25) is 23.6 Å². The minimum Gasteiger partial charge on any atom is -0.482 e. The Morgan fingerprint density at radius 2 is 1.45 bits per heavy atom. The number of methoxy groups -OCH3 is 2. The molecule has 3 rings (SSSR count). The summed E-state index contributed by atoms with van der Waals surface area (Å²) in [6, 6.07) is 15.1. The molecule has 14 heteroatoms. The van der Waals surface area contributed by atoms with E-state index in [0.717, 1.165) is 33.4 Å². The third kappa shape index (κ3) is 13.7. The lowest BCUT2D eigenvalue weighted by molar-refractivity contribution is -0.119. The van der Waals surface area contributed by atoms with Crippen LogP contribution in [0.3, 0.4) is 0 Å². The Bertz CT molecular complexity index is 1670. The predicted molar refractivity (Wildman–Crippen MR) is 201 cm³/mol. The van der Waals surface area contributed by atoms with Crippen LogP contribution in [-0.4, -0.2) is 69.8 Å². The van der Waals surface area contributed by atoms with Crippen molar-refractivity contribution in [3.05, 3.63) is 98.9 Å². The second-order valence-electron chi connectivity index (χ2n) is 11.5. The fraction of sp³-hybridized carbons (Fsp3) is 0.378. The van der Waals surface area contributed by atoms with E-state index in [1.165, 1.54) is 21.0 Å². The number of halogens is 2. The summed E-state index contributed by atoms with van der Waals surface area (Å²) in [4.78, 5) is 26.6. The van der Waals surface area contributed by atoms with Crippen molar-refractivity contribution in [1.82, 2.24) is 26.3 Å². The maximum atomic E-state index is 11.1. The SMILES string of the molecule is CO/C(N)=C(/C=C\C(C)OCc1cccc(-c2cccc(COc3ccc(CNCCNC(C)=O)c(OC)n3)c2Cl)c1Cl)CNCCNC(C)=O. The van der Waals surface area contributed by atoms with Crippen molar-refractivity contribution in [2.45, 2.75) is 46.6 Å². The first kappa shape index (κ1) is 41.1. The van der Waals surface area contributed by atoms with Crippen LogP contribution in [0.15, 0.2) is 72.1 Å². The van der Waals surface area contributed by atoms with Crippen LogP contribution >= 0.6 is 23.2 Å². The molecule has 1 atom stereocenters. The third-order valence-electron chi connectivity index (χ3n) is 7.52. The summed E-state index contributed by atoms with van der Waals surface area (Å²) in [5.74, 6) is 0.974. The molecule has 1 aromatic heterocycles. The Morgan fingerprint density at radius 1 is 0.843 bits per heavy atom. The van der Waals surface area contributed by atoms with Crippen LogP contribution < -0.4 is 36.5 Å². The zero-order chi connectivity index (χ0) is 37.2. The number of carbonyl (C=O) groups excluding carboxylic acids is 2. The largest absolute Gasteiger partial charge is 0.482 e. The van der Waals surface area contributed by atoms with Crippen LogP contribution in [0.4, 0.5) is 0 Å². The molecule has 0 bridgehead atoms. The van der Waals surface area contributed by atoms with E-state index in [1.807, 2.05) is 61.5 Å². The van der Waals surface area contributed by atoms with Crippen LogP contribution in [0.5, 0.6) is 11.8 Å². The Balaban J connectivity index is 1.63. The highest BCUT2D eigenvalue weighted by Gasteiger charge is 2.15. The van der Waals surface area contributed by atoms with Crippen molar-refractivity contribution in [3.63, 3.8) is 0 Å². The summed E-state index contributed by atoms with van der Waals surface area (Å²) in [5.41, 5.74) is 10.8. The number of aromatic nitrogens is 1. The number of amides is 2. The van der Waals surface area contributed by atoms with Crippen molar-refractivity contribution in [2.24, 2.45) is 5.73 Å². The number of nitrogens with zero attached hydrogens (tertiary/aromatic N) is 1. The molecule has 2 amide bonds. The molecule has 6 N–H and O–H groups in total. The zero-order valence-electron chi connectivity index (χ0n) is 29.7. The van der Waals surface area contributed by atoms with Gasteiger partial charge in [-0.15, -0.1) is 0 Å². The van der Waals surface area contributed by atoms with Gasteiger partial charge in [0.15, 0.2) is 5.88 Å². The Kier molecular flexibility index (Phi) is 17.6. The Hall–Kier alpha value is -4.33. The molecular formula is C37H48Cl2N6O6. The fourth-order valence-electron chi connectivity index (χ4n) is 4.78. The molecule has 0 aliphatic carbocycles. The minimum absolute atomic E-state index is 0.0693. The normalized spacial score (nSPS) is 12.3. The molecule has 51 heavy (non-hydrogen) atoms. The molecular weight excluding hydrogens is 695 g/mol. The van der Waals surface area contributed by atoms with Gasteiger partial charge in [-0.25, -0.2) is 0 Å². The third-order valence-corrected chi connectivity index (χ3v) is 8.41. The Morgan fingerprint density at radius 3 is 2.04 bits per heavy atom. The molecule has 1 unspecified atom stereocenters. The average molecular weight is 744 g/mol. The van der Waals surface area contributed by atoms with Gasteiger partial charge in [-0.1, -0.05) is 71.8 Å². The van der Waals surface area contributed by atoms with Gasteiger partial charge in [0, 0.05) is 87.0 Å². The summed E-state index contributed by atoms with van der Waals surface area (Å²) in [6.07, 6.45) is 3.48. The number of rotatable bonds is 21. The minimum atomic E-state index is -0.263. The Labute approximate surface area is 310 Å². The van der Waals surface area contributed by atoms with E-state index in [2.05, 4.69) is 26.3 Å². The lowest BCUT2D eigenvalue weighted by atomic mass is 10.0. The highest BCUT2D eigenvalue weighted by molar-refractivity contribution is 6.37. The molecule has 2 aromatic carbocycles. The smallest absolute Gasteiger partial charge is 0.220 e. The summed E-state index contributed by atoms with van der Waals surface area (Å²) in [7, 11) is 3.07. The van der Waals surface area contributed by atoms with Gasteiger partial charge in [0.05, 0.1) is 37.0 Å². The molecule has 0 radical (unpaired) electrons. The van der Waals surface area contributed by atoms with Crippen LogP contribution in [0.25, 0.3) is 11.1 Å². The second kappa shape index (κ2) is 21.8.